The summed E-state index contributed by atoms with van der Waals surface area (Å²) in [5, 5.41) is 2.97. The molecule has 0 aromatic heterocycles. The van der Waals surface area contributed by atoms with Crippen LogP contribution in [0.25, 0.3) is 0 Å². The highest BCUT2D eigenvalue weighted by molar-refractivity contribution is 5.90. The molecule has 0 saturated heterocycles. The minimum atomic E-state index is -1.18. The molecule has 2 rings (SSSR count). The maximum Gasteiger partial charge on any atom is 0.347 e. The van der Waals surface area contributed by atoms with Gasteiger partial charge in [0.2, 0.25) is 0 Å². The Labute approximate surface area is 249 Å². The Kier molecular flexibility index (Phi) is 14.2. The highest BCUT2D eigenvalue weighted by Gasteiger charge is 2.37. The summed E-state index contributed by atoms with van der Waals surface area (Å²) in [6.45, 7) is 9.32. The summed E-state index contributed by atoms with van der Waals surface area (Å²) >= 11 is 0. The number of likely N-dealkylation sites (N-methyl/N-ethyl adjacent to an activating group) is 2. The largest absolute Gasteiger partial charge is 0.458 e. The molecular formula is C33H46N2O7. The van der Waals surface area contributed by atoms with Crippen molar-refractivity contribution in [1.29, 1.82) is 0 Å². The van der Waals surface area contributed by atoms with E-state index in [0.29, 0.717) is 6.42 Å². The van der Waals surface area contributed by atoms with Crippen LogP contribution in [0.4, 0.5) is 0 Å². The van der Waals surface area contributed by atoms with E-state index >= 15 is 0 Å². The topological polar surface area (TPSA) is 111 Å². The van der Waals surface area contributed by atoms with Crippen LogP contribution in [0.5, 0.6) is 0 Å². The molecular weight excluding hydrogens is 536 g/mol. The lowest BCUT2D eigenvalue weighted by Crippen LogP contribution is -2.51. The van der Waals surface area contributed by atoms with Crippen molar-refractivity contribution in [2.24, 2.45) is 11.8 Å². The molecule has 0 aliphatic carbocycles. The molecule has 2 aromatic rings. The Morgan fingerprint density at radius 2 is 1.29 bits per heavy atom. The van der Waals surface area contributed by atoms with Crippen molar-refractivity contribution < 1.29 is 33.4 Å². The van der Waals surface area contributed by atoms with Gasteiger partial charge in [-0.25, -0.2) is 9.59 Å². The van der Waals surface area contributed by atoms with E-state index in [0.717, 1.165) is 11.1 Å². The number of hydrogen-bond acceptors (Lipinski definition) is 8. The second kappa shape index (κ2) is 17.3. The van der Waals surface area contributed by atoms with Crippen LogP contribution in [0.15, 0.2) is 60.7 Å². The van der Waals surface area contributed by atoms with E-state index in [-0.39, 0.29) is 31.3 Å². The average Bonchev–Trinajstić information content (AvgIpc) is 2.96. The lowest BCUT2D eigenvalue weighted by Gasteiger charge is -2.32. The van der Waals surface area contributed by atoms with E-state index in [1.54, 1.807) is 7.05 Å². The normalized spacial score (nSPS) is 14.0. The lowest BCUT2D eigenvalue weighted by atomic mass is 10.0. The molecule has 4 atom stereocenters. The first-order valence-electron chi connectivity index (χ1n) is 14.5. The molecule has 2 aromatic carbocycles. The Morgan fingerprint density at radius 1 is 0.738 bits per heavy atom. The van der Waals surface area contributed by atoms with Crippen LogP contribution in [-0.2, 0) is 46.4 Å². The number of rotatable bonds is 16. The van der Waals surface area contributed by atoms with Crippen LogP contribution in [-0.4, -0.2) is 67.1 Å². The van der Waals surface area contributed by atoms with Crippen molar-refractivity contribution in [3.63, 3.8) is 0 Å². The molecule has 9 heteroatoms. The predicted octanol–water partition coefficient (Wildman–Crippen LogP) is 4.32. The summed E-state index contributed by atoms with van der Waals surface area (Å²) in [6.07, 6.45) is -1.38. The molecule has 0 saturated carbocycles. The minimum Gasteiger partial charge on any atom is -0.458 e. The fourth-order valence-electron chi connectivity index (χ4n) is 4.42. The molecule has 0 bridgehead atoms. The van der Waals surface area contributed by atoms with Gasteiger partial charge in [-0.1, -0.05) is 88.4 Å². The van der Waals surface area contributed by atoms with Crippen molar-refractivity contribution in [3.05, 3.63) is 71.8 Å². The predicted molar refractivity (Wildman–Crippen MR) is 160 cm³/mol. The maximum atomic E-state index is 13.9. The summed E-state index contributed by atoms with van der Waals surface area (Å²) < 4.78 is 16.6. The zero-order valence-corrected chi connectivity index (χ0v) is 25.9. The molecule has 230 valence electrons. The first-order valence-corrected chi connectivity index (χ1v) is 14.5. The van der Waals surface area contributed by atoms with Gasteiger partial charge in [0.25, 0.3) is 5.91 Å². The Bertz CT molecular complexity index is 1140. The van der Waals surface area contributed by atoms with E-state index in [2.05, 4.69) is 5.32 Å². The maximum absolute atomic E-state index is 13.9. The smallest absolute Gasteiger partial charge is 0.347 e. The first-order chi connectivity index (χ1) is 19.9. The molecule has 0 radical (unpaired) electrons. The molecule has 0 unspecified atom stereocenters. The second-order valence-corrected chi connectivity index (χ2v) is 11.4. The van der Waals surface area contributed by atoms with Crippen molar-refractivity contribution in [2.45, 2.75) is 84.8 Å². The molecule has 0 aliphatic heterocycles. The van der Waals surface area contributed by atoms with Crippen LogP contribution in [0.2, 0.25) is 0 Å². The molecule has 1 N–H and O–H groups in total. The molecule has 0 heterocycles. The van der Waals surface area contributed by atoms with Gasteiger partial charge in [0, 0.05) is 13.5 Å². The number of carbonyl (C=O) groups excluding carboxylic acids is 4. The van der Waals surface area contributed by atoms with Crippen molar-refractivity contribution in [2.75, 3.05) is 14.1 Å². The minimum absolute atomic E-state index is 0.0213. The van der Waals surface area contributed by atoms with E-state index in [1.807, 2.05) is 88.4 Å². The Hall–Kier alpha value is -3.72. The second-order valence-electron chi connectivity index (χ2n) is 11.4. The van der Waals surface area contributed by atoms with Crippen LogP contribution in [0.1, 0.15) is 58.6 Å². The summed E-state index contributed by atoms with van der Waals surface area (Å²) in [6, 6.07) is 16.8. The van der Waals surface area contributed by atoms with Crippen LogP contribution < -0.4 is 5.32 Å². The van der Waals surface area contributed by atoms with Gasteiger partial charge in [0.05, 0.1) is 0 Å². The fraction of sp³-hybridized carbons (Fsp3) is 0.515. The number of nitrogens with zero attached hydrogens (tertiary/aromatic N) is 1. The number of carbonyl (C=O) groups is 4. The third kappa shape index (κ3) is 11.3. The fourth-order valence-corrected chi connectivity index (χ4v) is 4.42. The van der Waals surface area contributed by atoms with E-state index in [4.69, 9.17) is 14.2 Å². The zero-order chi connectivity index (χ0) is 31.2. The van der Waals surface area contributed by atoms with E-state index in [1.165, 1.54) is 18.9 Å². The van der Waals surface area contributed by atoms with Gasteiger partial charge in [-0.15, -0.1) is 0 Å². The van der Waals surface area contributed by atoms with Gasteiger partial charge in [-0.05, 0) is 49.8 Å². The van der Waals surface area contributed by atoms with Gasteiger partial charge >= 0.3 is 17.9 Å². The Morgan fingerprint density at radius 3 is 1.81 bits per heavy atom. The quantitative estimate of drug-likeness (QED) is 0.230. The summed E-state index contributed by atoms with van der Waals surface area (Å²) in [7, 11) is 3.17. The van der Waals surface area contributed by atoms with Crippen LogP contribution in [0, 0.1) is 11.8 Å². The lowest BCUT2D eigenvalue weighted by molar-refractivity contribution is -0.174. The number of benzene rings is 2. The Balaban J connectivity index is 2.20. The summed E-state index contributed by atoms with van der Waals surface area (Å²) in [5.41, 5.74) is 1.61. The molecule has 0 spiro atoms. The number of ether oxygens (including phenoxy) is 3. The van der Waals surface area contributed by atoms with Gasteiger partial charge in [-0.2, -0.15) is 0 Å². The molecule has 0 fully saturated rings. The van der Waals surface area contributed by atoms with Crippen molar-refractivity contribution in [1.82, 2.24) is 10.2 Å². The SMILES string of the molecule is CN[C@@H](CC(C)C)C(=O)O[C@H](Cc1ccccc1)C(=O)N(C)[C@@H](CC(C)C)C(=O)O[C@H](C)C(=O)OCc1ccccc1. The van der Waals surface area contributed by atoms with Gasteiger partial charge in [-0.3, -0.25) is 9.59 Å². The van der Waals surface area contributed by atoms with E-state index < -0.39 is 48.1 Å². The molecule has 9 nitrogen and oxygen atoms in total. The van der Waals surface area contributed by atoms with Gasteiger partial charge in [0.1, 0.15) is 18.7 Å². The monoisotopic (exact) mass is 582 g/mol. The van der Waals surface area contributed by atoms with Crippen molar-refractivity contribution >= 4 is 23.8 Å². The number of nitrogens with one attached hydrogen (secondary N) is 1. The van der Waals surface area contributed by atoms with Gasteiger partial charge < -0.3 is 24.4 Å². The zero-order valence-electron chi connectivity index (χ0n) is 25.9. The number of hydrogen-bond donors (Lipinski definition) is 1. The third-order valence-corrected chi connectivity index (χ3v) is 6.77. The number of amides is 1. The van der Waals surface area contributed by atoms with Crippen molar-refractivity contribution in [3.8, 4) is 0 Å². The average molecular weight is 583 g/mol. The molecule has 1 amide bonds. The highest BCUT2D eigenvalue weighted by atomic mass is 16.6. The molecule has 0 aliphatic rings. The summed E-state index contributed by atoms with van der Waals surface area (Å²) in [4.78, 5) is 54.1. The van der Waals surface area contributed by atoms with Crippen LogP contribution in [0.3, 0.4) is 0 Å². The first kappa shape index (κ1) is 34.5. The molecule has 42 heavy (non-hydrogen) atoms. The van der Waals surface area contributed by atoms with Gasteiger partial charge in [0.15, 0.2) is 12.2 Å². The summed E-state index contributed by atoms with van der Waals surface area (Å²) in [5.74, 6) is -2.24. The number of esters is 3. The highest BCUT2D eigenvalue weighted by Crippen LogP contribution is 2.18. The standard InChI is InChI=1S/C33H46N2O7/c1-22(2)18-27(34-6)32(38)42-29(20-25-14-10-8-11-15-25)30(36)35(7)28(19-23(3)4)33(39)41-24(5)31(37)40-21-26-16-12-9-13-17-26/h8-17,22-24,27-29,34H,18-21H2,1-7H3/t24-,27+,28+,29-/m1/s1. The van der Waals surface area contributed by atoms with Crippen LogP contribution >= 0.6 is 0 Å². The van der Waals surface area contributed by atoms with E-state index in [9.17, 15) is 19.2 Å². The third-order valence-electron chi connectivity index (χ3n) is 6.77.